The minimum absolute atomic E-state index is 0.000386. The summed E-state index contributed by atoms with van der Waals surface area (Å²) in [4.78, 5) is 34.9. The fourth-order valence-corrected chi connectivity index (χ4v) is 4.96. The molecule has 2 N–H and O–H groups in total. The highest BCUT2D eigenvalue weighted by atomic mass is 19.4. The number of amides is 2. The zero-order valence-electron chi connectivity index (χ0n) is 25.2. The standard InChI is InChI=1S/C31H33F6N5O4/c1-28(2,3)46-27(44)42-16-6-9-23(42)19-45-29(30(32,33)34,31(35,36)37)21-7-4-8-22(17-21)41-26(43)24-10-5-13-39-25(24)40-18-20-11-14-38-15-12-20/h4-5,7-8,10-15,17,23H,6,9,16,18-19H2,1-3H3,(H,39,40)(H,41,43)/t23-/m1/s1. The zero-order valence-corrected chi connectivity index (χ0v) is 25.2. The molecule has 0 radical (unpaired) electrons. The van der Waals surface area contributed by atoms with Crippen LogP contribution in [0.25, 0.3) is 0 Å². The number of carbonyl (C=O) groups is 2. The molecule has 1 saturated heterocycles. The van der Waals surface area contributed by atoms with E-state index in [9.17, 15) is 35.9 Å². The van der Waals surface area contributed by atoms with Crippen LogP contribution in [0.1, 0.15) is 55.1 Å². The Morgan fingerprint density at radius 3 is 2.30 bits per heavy atom. The summed E-state index contributed by atoms with van der Waals surface area (Å²) in [5.41, 5.74) is -6.52. The van der Waals surface area contributed by atoms with Crippen molar-refractivity contribution in [3.05, 3.63) is 83.8 Å². The van der Waals surface area contributed by atoms with Crippen molar-refractivity contribution in [1.29, 1.82) is 0 Å². The van der Waals surface area contributed by atoms with Crippen molar-refractivity contribution in [2.24, 2.45) is 0 Å². The predicted octanol–water partition coefficient (Wildman–Crippen LogP) is 7.08. The first-order valence-electron chi connectivity index (χ1n) is 14.3. The molecule has 3 aromatic rings. The maximum atomic E-state index is 14.6. The third-order valence-electron chi connectivity index (χ3n) is 7.08. The quantitative estimate of drug-likeness (QED) is 0.238. The van der Waals surface area contributed by atoms with Gasteiger partial charge in [-0.1, -0.05) is 12.1 Å². The van der Waals surface area contributed by atoms with Crippen molar-refractivity contribution in [2.45, 2.75) is 69.8 Å². The lowest BCUT2D eigenvalue weighted by Crippen LogP contribution is -2.57. The topological polar surface area (TPSA) is 106 Å². The Hall–Kier alpha value is -4.40. The van der Waals surface area contributed by atoms with E-state index in [-0.39, 0.29) is 36.6 Å². The first-order valence-corrected chi connectivity index (χ1v) is 14.3. The summed E-state index contributed by atoms with van der Waals surface area (Å²) in [5, 5.41) is 5.35. The van der Waals surface area contributed by atoms with Crippen LogP contribution in [-0.4, -0.2) is 64.0 Å². The molecule has 0 aliphatic carbocycles. The van der Waals surface area contributed by atoms with E-state index in [0.29, 0.717) is 18.6 Å². The Labute approximate surface area is 261 Å². The Balaban J connectivity index is 1.60. The first-order chi connectivity index (χ1) is 21.5. The molecule has 0 bridgehead atoms. The molecule has 3 heterocycles. The van der Waals surface area contributed by atoms with Crippen molar-refractivity contribution >= 4 is 23.5 Å². The number of ether oxygens (including phenoxy) is 2. The van der Waals surface area contributed by atoms with Gasteiger partial charge in [0.25, 0.3) is 11.5 Å². The van der Waals surface area contributed by atoms with Gasteiger partial charge in [0, 0.05) is 42.9 Å². The minimum Gasteiger partial charge on any atom is -0.444 e. The fourth-order valence-electron chi connectivity index (χ4n) is 4.96. The second-order valence-corrected chi connectivity index (χ2v) is 11.6. The van der Waals surface area contributed by atoms with Crippen LogP contribution in [0.15, 0.2) is 67.1 Å². The summed E-state index contributed by atoms with van der Waals surface area (Å²) < 4.78 is 97.6. The highest BCUT2D eigenvalue weighted by Gasteiger charge is 2.73. The van der Waals surface area contributed by atoms with Gasteiger partial charge >= 0.3 is 18.4 Å². The first kappa shape index (κ1) is 34.5. The lowest BCUT2D eigenvalue weighted by Gasteiger charge is -2.39. The van der Waals surface area contributed by atoms with E-state index >= 15 is 0 Å². The van der Waals surface area contributed by atoms with Gasteiger partial charge in [-0.15, -0.1) is 0 Å². The van der Waals surface area contributed by atoms with E-state index < -0.39 is 53.8 Å². The molecule has 0 saturated carbocycles. The fraction of sp³-hybridized carbons (Fsp3) is 0.419. The molecule has 2 aromatic heterocycles. The number of carbonyl (C=O) groups excluding carboxylic acids is 2. The maximum absolute atomic E-state index is 14.6. The third kappa shape index (κ3) is 7.87. The molecular weight excluding hydrogens is 620 g/mol. The molecule has 46 heavy (non-hydrogen) atoms. The zero-order chi connectivity index (χ0) is 33.8. The van der Waals surface area contributed by atoms with Crippen LogP contribution in [0.4, 0.5) is 42.6 Å². The SMILES string of the molecule is CC(C)(C)OC(=O)N1CCC[C@@H]1COC(c1cccc(NC(=O)c2cccnc2NCc2ccncc2)c1)(C(F)(F)F)C(F)(F)F. The van der Waals surface area contributed by atoms with Gasteiger partial charge < -0.3 is 25.0 Å². The molecule has 0 unspecified atom stereocenters. The molecule has 0 spiro atoms. The Bertz CT molecular complexity index is 1500. The number of likely N-dealkylation sites (tertiary alicyclic amines) is 1. The Kier molecular flexibility index (Phi) is 10.1. The Morgan fingerprint density at radius 2 is 1.65 bits per heavy atom. The average molecular weight is 654 g/mol. The minimum atomic E-state index is -5.98. The number of halogens is 6. The normalized spacial score (nSPS) is 15.8. The number of alkyl halides is 6. The third-order valence-corrected chi connectivity index (χ3v) is 7.08. The van der Waals surface area contributed by atoms with Gasteiger partial charge in [0.2, 0.25) is 0 Å². The van der Waals surface area contributed by atoms with Gasteiger partial charge in [-0.25, -0.2) is 9.78 Å². The number of aromatic nitrogens is 2. The van der Waals surface area contributed by atoms with Crippen molar-refractivity contribution in [3.8, 4) is 0 Å². The summed E-state index contributed by atoms with van der Waals surface area (Å²) in [6, 6.07) is 8.54. The molecule has 1 aliphatic rings. The van der Waals surface area contributed by atoms with Crippen LogP contribution < -0.4 is 10.6 Å². The van der Waals surface area contributed by atoms with Crippen molar-refractivity contribution in [1.82, 2.24) is 14.9 Å². The number of hydrogen-bond acceptors (Lipinski definition) is 7. The van der Waals surface area contributed by atoms with Crippen molar-refractivity contribution in [3.63, 3.8) is 0 Å². The summed E-state index contributed by atoms with van der Waals surface area (Å²) in [6.07, 6.45) is -7.79. The largest absolute Gasteiger partial charge is 0.444 e. The molecule has 2 amide bonds. The molecule has 1 fully saturated rings. The van der Waals surface area contributed by atoms with Crippen LogP contribution >= 0.6 is 0 Å². The number of rotatable bonds is 9. The van der Waals surface area contributed by atoms with Gasteiger partial charge in [-0.05, 0) is 75.6 Å². The number of anilines is 2. The number of hydrogen-bond donors (Lipinski definition) is 2. The van der Waals surface area contributed by atoms with Crippen LogP contribution in [0.3, 0.4) is 0 Å². The highest BCUT2D eigenvalue weighted by Crippen LogP contribution is 2.53. The monoisotopic (exact) mass is 653 g/mol. The highest BCUT2D eigenvalue weighted by molar-refractivity contribution is 6.07. The van der Waals surface area contributed by atoms with E-state index in [0.717, 1.165) is 22.6 Å². The lowest BCUT2D eigenvalue weighted by atomic mass is 9.91. The lowest BCUT2D eigenvalue weighted by molar-refractivity contribution is -0.390. The van der Waals surface area contributed by atoms with E-state index in [1.165, 1.54) is 18.3 Å². The molecule has 9 nitrogen and oxygen atoms in total. The summed E-state index contributed by atoms with van der Waals surface area (Å²) in [5.74, 6) is -0.686. The van der Waals surface area contributed by atoms with Crippen molar-refractivity contribution in [2.75, 3.05) is 23.8 Å². The molecule has 15 heteroatoms. The number of nitrogens with zero attached hydrogens (tertiary/aromatic N) is 3. The van der Waals surface area contributed by atoms with E-state index in [2.05, 4.69) is 20.6 Å². The molecular formula is C31H33F6N5O4. The van der Waals surface area contributed by atoms with Gasteiger partial charge in [0.05, 0.1) is 18.2 Å². The van der Waals surface area contributed by atoms with Gasteiger partial charge in [-0.3, -0.25) is 9.78 Å². The maximum Gasteiger partial charge on any atom is 0.430 e. The summed E-state index contributed by atoms with van der Waals surface area (Å²) in [6.45, 7) is 4.04. The van der Waals surface area contributed by atoms with Crippen LogP contribution in [0, 0.1) is 0 Å². The van der Waals surface area contributed by atoms with E-state index in [4.69, 9.17) is 9.47 Å². The average Bonchev–Trinajstić information content (AvgIpc) is 3.44. The number of benzene rings is 1. The molecule has 1 aliphatic heterocycles. The van der Waals surface area contributed by atoms with Gasteiger partial charge in [-0.2, -0.15) is 26.3 Å². The Morgan fingerprint density at radius 1 is 0.957 bits per heavy atom. The van der Waals surface area contributed by atoms with Crippen LogP contribution in [0.2, 0.25) is 0 Å². The van der Waals surface area contributed by atoms with Crippen LogP contribution in [0.5, 0.6) is 0 Å². The molecule has 1 atom stereocenters. The molecule has 4 rings (SSSR count). The molecule has 1 aromatic carbocycles. The molecule has 248 valence electrons. The smallest absolute Gasteiger partial charge is 0.430 e. The van der Waals surface area contributed by atoms with Crippen LogP contribution in [-0.2, 0) is 21.6 Å². The number of pyridine rings is 2. The van der Waals surface area contributed by atoms with E-state index in [1.54, 1.807) is 45.3 Å². The number of nitrogens with one attached hydrogen (secondary N) is 2. The summed E-state index contributed by atoms with van der Waals surface area (Å²) in [7, 11) is 0. The second-order valence-electron chi connectivity index (χ2n) is 11.6. The summed E-state index contributed by atoms with van der Waals surface area (Å²) >= 11 is 0. The predicted molar refractivity (Wildman–Crippen MR) is 156 cm³/mol. The van der Waals surface area contributed by atoms with E-state index in [1.807, 2.05) is 0 Å². The van der Waals surface area contributed by atoms with Gasteiger partial charge in [0.1, 0.15) is 11.4 Å². The van der Waals surface area contributed by atoms with Gasteiger partial charge in [0.15, 0.2) is 0 Å². The second kappa shape index (κ2) is 13.5. The van der Waals surface area contributed by atoms with Crippen molar-refractivity contribution < 1.29 is 45.4 Å².